The summed E-state index contributed by atoms with van der Waals surface area (Å²) in [6, 6.07) is 8.27. The molecule has 0 radical (unpaired) electrons. The Morgan fingerprint density at radius 2 is 2.16 bits per heavy atom. The number of aliphatic hydroxyl groups is 1. The zero-order chi connectivity index (χ0) is 18.0. The molecule has 1 aromatic carbocycles. The number of rotatable bonds is 5. The zero-order valence-corrected chi connectivity index (χ0v) is 15.2. The number of aromatic amines is 1. The van der Waals surface area contributed by atoms with Crippen molar-refractivity contribution < 1.29 is 5.11 Å². The smallest absolute Gasteiger partial charge is 0.255 e. The Morgan fingerprint density at radius 3 is 2.88 bits per heavy atom. The van der Waals surface area contributed by atoms with Crippen LogP contribution in [0, 0.1) is 12.8 Å². The molecule has 0 saturated carbocycles. The fourth-order valence-corrected chi connectivity index (χ4v) is 3.26. The molecule has 1 aliphatic heterocycles. The quantitative estimate of drug-likeness (QED) is 0.873. The monoisotopic (exact) mass is 341 g/mol. The number of nitrogens with zero attached hydrogens (tertiary/aromatic N) is 2. The van der Waals surface area contributed by atoms with Gasteiger partial charge in [0.25, 0.3) is 5.56 Å². The van der Waals surface area contributed by atoms with Gasteiger partial charge in [-0.15, -0.1) is 0 Å². The Morgan fingerprint density at radius 1 is 1.36 bits per heavy atom. The number of fused-ring (bicyclic) bond motifs is 1. The first-order valence-electron chi connectivity index (χ1n) is 8.99. The van der Waals surface area contributed by atoms with Gasteiger partial charge in [0.15, 0.2) is 0 Å². The number of aromatic nitrogens is 2. The number of hydrogen-bond donors (Lipinski definition) is 2. The Hall–Kier alpha value is -1.98. The molecule has 5 heteroatoms. The lowest BCUT2D eigenvalue weighted by atomic mass is 10.0. The van der Waals surface area contributed by atoms with Gasteiger partial charge < -0.3 is 10.1 Å². The van der Waals surface area contributed by atoms with E-state index in [4.69, 9.17) is 4.98 Å². The van der Waals surface area contributed by atoms with Crippen LogP contribution in [0.15, 0.2) is 29.1 Å². The highest BCUT2D eigenvalue weighted by molar-refractivity contribution is 5.27. The average Bonchev–Trinajstić information content (AvgIpc) is 2.55. The van der Waals surface area contributed by atoms with Crippen LogP contribution in [-0.4, -0.2) is 39.2 Å². The molecule has 0 bridgehead atoms. The number of β-amino-alcohol motifs (C(OH)–C–C–N with tert-alkyl or cyclic N) is 1. The minimum absolute atomic E-state index is 0.0450. The summed E-state index contributed by atoms with van der Waals surface area (Å²) < 4.78 is 0. The fraction of sp³-hybridized carbons (Fsp3) is 0.500. The van der Waals surface area contributed by atoms with E-state index >= 15 is 0 Å². The van der Waals surface area contributed by atoms with Gasteiger partial charge in [0.1, 0.15) is 5.82 Å². The molecule has 0 saturated heterocycles. The molecule has 2 N–H and O–H groups in total. The molecule has 1 aromatic heterocycles. The highest BCUT2D eigenvalue weighted by Crippen LogP contribution is 2.16. The average molecular weight is 341 g/mol. The molecule has 1 aliphatic rings. The van der Waals surface area contributed by atoms with Gasteiger partial charge in [0, 0.05) is 32.5 Å². The lowest BCUT2D eigenvalue weighted by Gasteiger charge is -2.30. The molecular weight excluding hydrogens is 314 g/mol. The SMILES string of the molecule is Cc1cccc(Cc2nc3c(c(=O)[nH]2)CN(C[C@H](O)C(C)C)CC3)c1. The van der Waals surface area contributed by atoms with Gasteiger partial charge in [-0.3, -0.25) is 9.69 Å². The standard InChI is InChI=1S/C20H27N3O2/c1-13(2)18(24)12-23-8-7-17-16(11-23)20(25)22-19(21-17)10-15-6-4-5-14(3)9-15/h4-6,9,13,18,24H,7-8,10-12H2,1-3H3,(H,21,22,25)/t18-/m0/s1. The summed E-state index contributed by atoms with van der Waals surface area (Å²) in [6.07, 6.45) is 1.03. The number of aryl methyl sites for hydroxylation is 1. The van der Waals surface area contributed by atoms with Crippen molar-refractivity contribution in [3.63, 3.8) is 0 Å². The first-order chi connectivity index (χ1) is 11.9. The summed E-state index contributed by atoms with van der Waals surface area (Å²) in [4.78, 5) is 22.3. The second kappa shape index (κ2) is 7.50. The van der Waals surface area contributed by atoms with E-state index in [1.54, 1.807) is 0 Å². The predicted molar refractivity (Wildman–Crippen MR) is 98.7 cm³/mol. The zero-order valence-electron chi connectivity index (χ0n) is 15.2. The van der Waals surface area contributed by atoms with E-state index in [0.717, 1.165) is 35.6 Å². The van der Waals surface area contributed by atoms with Crippen LogP contribution >= 0.6 is 0 Å². The van der Waals surface area contributed by atoms with E-state index in [2.05, 4.69) is 35.0 Å². The number of benzene rings is 1. The maximum absolute atomic E-state index is 12.5. The van der Waals surface area contributed by atoms with Gasteiger partial charge in [-0.2, -0.15) is 0 Å². The van der Waals surface area contributed by atoms with E-state index in [1.165, 1.54) is 5.56 Å². The number of aliphatic hydroxyl groups excluding tert-OH is 1. The van der Waals surface area contributed by atoms with Crippen LogP contribution in [-0.2, 0) is 19.4 Å². The molecule has 0 fully saturated rings. The van der Waals surface area contributed by atoms with Crippen molar-refractivity contribution in [1.29, 1.82) is 0 Å². The van der Waals surface area contributed by atoms with Gasteiger partial charge in [0.05, 0.1) is 17.4 Å². The van der Waals surface area contributed by atoms with E-state index in [1.807, 2.05) is 19.9 Å². The molecule has 0 amide bonds. The number of H-pyrrole nitrogens is 1. The molecular formula is C20H27N3O2. The topological polar surface area (TPSA) is 69.2 Å². The third-order valence-electron chi connectivity index (χ3n) is 4.87. The molecule has 2 aromatic rings. The van der Waals surface area contributed by atoms with Crippen LogP contribution < -0.4 is 5.56 Å². The maximum Gasteiger partial charge on any atom is 0.255 e. The number of nitrogens with one attached hydrogen (secondary N) is 1. The molecule has 0 aliphatic carbocycles. The second-order valence-electron chi connectivity index (χ2n) is 7.40. The van der Waals surface area contributed by atoms with E-state index in [-0.39, 0.29) is 17.6 Å². The Bertz CT molecular complexity index is 798. The molecule has 25 heavy (non-hydrogen) atoms. The highest BCUT2D eigenvalue weighted by Gasteiger charge is 2.23. The summed E-state index contributed by atoms with van der Waals surface area (Å²) >= 11 is 0. The van der Waals surface area contributed by atoms with Gasteiger partial charge in [0.2, 0.25) is 0 Å². The first-order valence-corrected chi connectivity index (χ1v) is 8.99. The van der Waals surface area contributed by atoms with Crippen LogP contribution in [0.3, 0.4) is 0 Å². The predicted octanol–water partition coefficient (Wildman–Crippen LogP) is 2.04. The van der Waals surface area contributed by atoms with Crippen LogP contribution in [0.2, 0.25) is 0 Å². The molecule has 3 rings (SSSR count). The number of hydrogen-bond acceptors (Lipinski definition) is 4. The summed E-state index contributed by atoms with van der Waals surface area (Å²) in [7, 11) is 0. The Labute approximate surface area is 148 Å². The summed E-state index contributed by atoms with van der Waals surface area (Å²) in [5.74, 6) is 0.944. The Kier molecular flexibility index (Phi) is 5.35. The molecule has 2 heterocycles. The van der Waals surface area contributed by atoms with Crippen molar-refractivity contribution in [2.24, 2.45) is 5.92 Å². The van der Waals surface area contributed by atoms with Crippen LogP contribution in [0.5, 0.6) is 0 Å². The van der Waals surface area contributed by atoms with E-state index in [0.29, 0.717) is 19.5 Å². The van der Waals surface area contributed by atoms with Crippen molar-refractivity contribution in [3.05, 3.63) is 62.8 Å². The van der Waals surface area contributed by atoms with Crippen molar-refractivity contribution in [1.82, 2.24) is 14.9 Å². The lowest BCUT2D eigenvalue weighted by molar-refractivity contribution is 0.0704. The van der Waals surface area contributed by atoms with Gasteiger partial charge >= 0.3 is 0 Å². The van der Waals surface area contributed by atoms with E-state index in [9.17, 15) is 9.90 Å². The third-order valence-corrected chi connectivity index (χ3v) is 4.87. The van der Waals surface area contributed by atoms with Crippen molar-refractivity contribution >= 4 is 0 Å². The lowest BCUT2D eigenvalue weighted by Crippen LogP contribution is -2.41. The van der Waals surface area contributed by atoms with Crippen LogP contribution in [0.1, 0.15) is 42.1 Å². The summed E-state index contributed by atoms with van der Waals surface area (Å²) in [6.45, 7) is 8.07. The normalized spacial score (nSPS) is 16.0. The van der Waals surface area contributed by atoms with Gasteiger partial charge in [-0.05, 0) is 18.4 Å². The highest BCUT2D eigenvalue weighted by atomic mass is 16.3. The third kappa shape index (κ3) is 4.35. The van der Waals surface area contributed by atoms with Gasteiger partial charge in [-0.25, -0.2) is 4.98 Å². The minimum atomic E-state index is -0.366. The van der Waals surface area contributed by atoms with Gasteiger partial charge in [-0.1, -0.05) is 43.7 Å². The molecule has 0 unspecified atom stereocenters. The molecule has 5 nitrogen and oxygen atoms in total. The van der Waals surface area contributed by atoms with Crippen molar-refractivity contribution in [2.45, 2.75) is 46.3 Å². The fourth-order valence-electron chi connectivity index (χ4n) is 3.26. The molecule has 0 spiro atoms. The first kappa shape index (κ1) is 17.8. The Balaban J connectivity index is 1.76. The van der Waals surface area contributed by atoms with E-state index < -0.39 is 0 Å². The molecule has 1 atom stereocenters. The minimum Gasteiger partial charge on any atom is -0.392 e. The maximum atomic E-state index is 12.5. The van der Waals surface area contributed by atoms with Crippen LogP contribution in [0.25, 0.3) is 0 Å². The summed E-state index contributed by atoms with van der Waals surface area (Å²) in [5.41, 5.74) is 3.96. The van der Waals surface area contributed by atoms with Crippen molar-refractivity contribution in [2.75, 3.05) is 13.1 Å². The largest absolute Gasteiger partial charge is 0.392 e. The van der Waals surface area contributed by atoms with Crippen LogP contribution in [0.4, 0.5) is 0 Å². The summed E-state index contributed by atoms with van der Waals surface area (Å²) in [5, 5.41) is 10.1. The van der Waals surface area contributed by atoms with Crippen molar-refractivity contribution in [3.8, 4) is 0 Å². The second-order valence-corrected chi connectivity index (χ2v) is 7.40. The molecule has 134 valence electrons.